The highest BCUT2D eigenvalue weighted by Gasteiger charge is 2.49. The van der Waals surface area contributed by atoms with Crippen molar-refractivity contribution in [2.75, 3.05) is 51.6 Å². The Hall–Kier alpha value is -5.65. The first-order valence-corrected chi connectivity index (χ1v) is 24.8. The van der Waals surface area contributed by atoms with Gasteiger partial charge in [0.25, 0.3) is 0 Å². The van der Waals surface area contributed by atoms with Crippen LogP contribution < -0.4 is 16.0 Å². The van der Waals surface area contributed by atoms with Crippen LogP contribution in [0.4, 0.5) is 10.6 Å². The van der Waals surface area contributed by atoms with Crippen LogP contribution in [0.3, 0.4) is 0 Å². The van der Waals surface area contributed by atoms with Crippen molar-refractivity contribution in [2.45, 2.75) is 110 Å². The number of carbonyl (C=O) groups is 3. The molecule has 3 aromatic heterocycles. The topological polar surface area (TPSA) is 194 Å². The van der Waals surface area contributed by atoms with E-state index < -0.39 is 23.6 Å². The maximum Gasteiger partial charge on any atom is 0.318 e. The first-order chi connectivity index (χ1) is 32.1. The van der Waals surface area contributed by atoms with E-state index in [1.165, 1.54) is 4.90 Å². The number of urea groups is 1. The standard InChI is InChI=1S/C50H65N11O5S/c1-30(33-11-13-34(14-12-33)43-31(2)52-29-67-43)53-46(64)40-23-36(62)26-60(40)47(65)44(49(3,4)5)54-48(66)59-27-50(28-59)19-15-32(16-20-50)25-58-21-17-35(18-22-58)61-39-24-38(37-9-7-8-10-41(37)63)55-56-42(39)45(51-6)57-61/h7-14,24,29-30,32,35-36,40,44,62-63H,15-23,25-28H2,1-6H3,(H,51,57)(H,53,64)(H,54,66)/t30-,36+,40-,44+/m0/s1. The van der Waals surface area contributed by atoms with Gasteiger partial charge in [0.2, 0.25) is 11.8 Å². The van der Waals surface area contributed by atoms with Gasteiger partial charge in [-0.05, 0) is 93.0 Å². The molecular formula is C50H65N11O5S. The number of amides is 4. The van der Waals surface area contributed by atoms with Gasteiger partial charge in [0, 0.05) is 63.7 Å². The number of aryl methyl sites for hydroxylation is 1. The third kappa shape index (κ3) is 9.59. The van der Waals surface area contributed by atoms with Crippen molar-refractivity contribution in [3.8, 4) is 27.4 Å². The molecule has 1 saturated carbocycles. The number of piperidine rings is 1. The van der Waals surface area contributed by atoms with E-state index in [1.54, 1.807) is 23.5 Å². The number of para-hydroxylation sites is 1. The fourth-order valence-electron chi connectivity index (χ4n) is 10.8. The predicted octanol–water partition coefficient (Wildman–Crippen LogP) is 6.77. The number of benzene rings is 2. The van der Waals surface area contributed by atoms with E-state index in [-0.39, 0.29) is 54.1 Å². The number of aliphatic hydroxyl groups excluding tert-OH is 1. The summed E-state index contributed by atoms with van der Waals surface area (Å²) < 4.78 is 2.10. The second-order valence-corrected chi connectivity index (χ2v) is 21.5. The molecule has 1 spiro atoms. The average Bonchev–Trinajstić information content (AvgIpc) is 4.03. The van der Waals surface area contributed by atoms with Crippen LogP contribution in [0.2, 0.25) is 0 Å². The first kappa shape index (κ1) is 46.5. The second-order valence-electron chi connectivity index (χ2n) is 20.6. The molecule has 9 rings (SSSR count). The van der Waals surface area contributed by atoms with E-state index in [2.05, 4.69) is 40.7 Å². The van der Waals surface area contributed by atoms with Crippen LogP contribution >= 0.6 is 11.3 Å². The fraction of sp³-hybridized carbons (Fsp3) is 0.540. The average molecular weight is 932 g/mol. The van der Waals surface area contributed by atoms with Gasteiger partial charge in [-0.3, -0.25) is 14.3 Å². The molecule has 67 heavy (non-hydrogen) atoms. The van der Waals surface area contributed by atoms with Crippen molar-refractivity contribution in [2.24, 2.45) is 16.7 Å². The molecule has 3 saturated heterocycles. The number of β-amino-alcohol motifs (C(OH)–C–C–N with tert-alkyl or cyclic N) is 1. The SMILES string of the molecule is CNc1nn(C2CCN(CC3CCC4(CC3)CN(C(=O)N[C@H](C(=O)N3C[C@H](O)C[C@H]3C(=O)N[C@@H](C)c3ccc(-c5scnc5C)cc3)C(C)(C)C)C4)CC2)c2cc(-c3ccccc3O)nnc12. The smallest absolute Gasteiger partial charge is 0.318 e. The van der Waals surface area contributed by atoms with Gasteiger partial charge >= 0.3 is 6.03 Å². The summed E-state index contributed by atoms with van der Waals surface area (Å²) in [6.45, 7) is 14.0. The molecule has 5 N–H and O–H groups in total. The van der Waals surface area contributed by atoms with Gasteiger partial charge in [-0.2, -0.15) is 5.10 Å². The van der Waals surface area contributed by atoms with Gasteiger partial charge in [-0.1, -0.05) is 57.2 Å². The molecule has 16 nitrogen and oxygen atoms in total. The Kier molecular flexibility index (Phi) is 13.0. The molecule has 0 bridgehead atoms. The van der Waals surface area contributed by atoms with Crippen LogP contribution in [0, 0.1) is 23.7 Å². The predicted molar refractivity (Wildman–Crippen MR) is 259 cm³/mol. The minimum Gasteiger partial charge on any atom is -0.507 e. The molecule has 4 aliphatic rings. The van der Waals surface area contributed by atoms with Gasteiger partial charge < -0.3 is 40.9 Å². The zero-order valence-electron chi connectivity index (χ0n) is 39.5. The Morgan fingerprint density at radius 2 is 1.69 bits per heavy atom. The van der Waals surface area contributed by atoms with Crippen molar-refractivity contribution >= 4 is 46.0 Å². The summed E-state index contributed by atoms with van der Waals surface area (Å²) in [5.74, 6) is 0.786. The Bertz CT molecular complexity index is 2580. The molecule has 4 fully saturated rings. The number of likely N-dealkylation sites (tertiary alicyclic amines) is 3. The molecular weight excluding hydrogens is 867 g/mol. The van der Waals surface area contributed by atoms with Gasteiger partial charge in [-0.25, -0.2) is 9.78 Å². The van der Waals surface area contributed by atoms with Crippen molar-refractivity contribution in [3.05, 3.63) is 71.4 Å². The first-order valence-electron chi connectivity index (χ1n) is 23.9. The number of hydrogen-bond donors (Lipinski definition) is 5. The highest BCUT2D eigenvalue weighted by atomic mass is 32.1. The number of rotatable bonds is 11. The third-order valence-corrected chi connectivity index (χ3v) is 15.8. The van der Waals surface area contributed by atoms with Crippen molar-refractivity contribution < 1.29 is 24.6 Å². The number of aromatic hydroxyl groups is 1. The molecule has 0 unspecified atom stereocenters. The van der Waals surface area contributed by atoms with Crippen molar-refractivity contribution in [1.29, 1.82) is 0 Å². The summed E-state index contributed by atoms with van der Waals surface area (Å²) in [6.07, 6.45) is 5.63. The molecule has 0 radical (unpaired) electrons. The number of hydrogen-bond acceptors (Lipinski definition) is 12. The molecule has 1 aliphatic carbocycles. The molecule has 4 atom stereocenters. The van der Waals surface area contributed by atoms with Crippen LogP contribution in [0.1, 0.15) is 96.0 Å². The van der Waals surface area contributed by atoms with Crippen LogP contribution in [0.5, 0.6) is 5.75 Å². The third-order valence-electron chi connectivity index (χ3n) is 14.8. The Morgan fingerprint density at radius 1 is 0.970 bits per heavy atom. The summed E-state index contributed by atoms with van der Waals surface area (Å²) in [7, 11) is 1.85. The van der Waals surface area contributed by atoms with Gasteiger partial charge in [0.15, 0.2) is 11.3 Å². The molecule has 4 amide bonds. The van der Waals surface area contributed by atoms with E-state index in [1.807, 2.05) is 94.5 Å². The summed E-state index contributed by atoms with van der Waals surface area (Å²) in [5, 5.41) is 44.4. The summed E-state index contributed by atoms with van der Waals surface area (Å²) >= 11 is 1.59. The monoisotopic (exact) mass is 931 g/mol. The highest BCUT2D eigenvalue weighted by Crippen LogP contribution is 2.46. The number of phenolic OH excluding ortho intramolecular Hbond substituents is 1. The molecule has 17 heteroatoms. The number of fused-ring (bicyclic) bond motifs is 1. The number of carbonyl (C=O) groups excluding carboxylic acids is 3. The lowest BCUT2D eigenvalue weighted by Crippen LogP contribution is -2.65. The largest absolute Gasteiger partial charge is 0.507 e. The van der Waals surface area contributed by atoms with E-state index >= 15 is 0 Å². The number of phenols is 1. The number of anilines is 1. The molecule has 2 aromatic carbocycles. The van der Waals surface area contributed by atoms with Crippen LogP contribution in [-0.4, -0.2) is 132 Å². The number of aromatic nitrogens is 5. The highest BCUT2D eigenvalue weighted by molar-refractivity contribution is 7.13. The minimum absolute atomic E-state index is 0.0278. The van der Waals surface area contributed by atoms with E-state index in [9.17, 15) is 24.6 Å². The van der Waals surface area contributed by atoms with E-state index in [4.69, 9.17) is 5.10 Å². The Morgan fingerprint density at radius 3 is 2.34 bits per heavy atom. The quantitative estimate of drug-likeness (QED) is 0.0940. The lowest BCUT2D eigenvalue weighted by atomic mass is 9.66. The molecule has 356 valence electrons. The number of aliphatic hydroxyl groups is 1. The maximum atomic E-state index is 14.3. The zero-order valence-corrected chi connectivity index (χ0v) is 40.4. The Balaban J connectivity index is 0.750. The number of nitrogens with zero attached hydrogens (tertiary/aromatic N) is 8. The summed E-state index contributed by atoms with van der Waals surface area (Å²) in [4.78, 5) is 53.3. The Labute approximate surface area is 396 Å². The lowest BCUT2D eigenvalue weighted by molar-refractivity contribution is -0.142. The fourth-order valence-corrected chi connectivity index (χ4v) is 11.7. The maximum absolute atomic E-state index is 14.3. The zero-order chi connectivity index (χ0) is 47.2. The molecule has 5 aromatic rings. The van der Waals surface area contributed by atoms with E-state index in [0.717, 1.165) is 90.9 Å². The van der Waals surface area contributed by atoms with Crippen molar-refractivity contribution in [1.82, 2.24) is 50.3 Å². The minimum atomic E-state index is -0.885. The van der Waals surface area contributed by atoms with Crippen LogP contribution in [0.25, 0.3) is 32.7 Å². The molecule has 3 aliphatic heterocycles. The number of nitrogens with one attached hydrogen (secondary N) is 3. The number of thiazole rings is 1. The van der Waals surface area contributed by atoms with Gasteiger partial charge in [0.05, 0.1) is 45.5 Å². The van der Waals surface area contributed by atoms with Gasteiger partial charge in [-0.15, -0.1) is 21.5 Å². The summed E-state index contributed by atoms with van der Waals surface area (Å²) in [6, 6.07) is 15.1. The molecule has 6 heterocycles. The second kappa shape index (κ2) is 18.8. The lowest BCUT2D eigenvalue weighted by Gasteiger charge is -2.54. The van der Waals surface area contributed by atoms with Gasteiger partial charge in [0.1, 0.15) is 17.8 Å². The van der Waals surface area contributed by atoms with Crippen molar-refractivity contribution in [3.63, 3.8) is 0 Å². The van der Waals surface area contributed by atoms with Crippen LogP contribution in [-0.2, 0) is 9.59 Å². The van der Waals surface area contributed by atoms with Crippen LogP contribution in [0.15, 0.2) is 60.1 Å². The normalized spacial score (nSPS) is 21.3. The summed E-state index contributed by atoms with van der Waals surface area (Å²) in [5.41, 5.74) is 7.15. The van der Waals surface area contributed by atoms with E-state index in [0.29, 0.717) is 36.1 Å².